The summed E-state index contributed by atoms with van der Waals surface area (Å²) in [6.07, 6.45) is 2.97. The highest BCUT2D eigenvalue weighted by Gasteiger charge is 2.28. The molecule has 0 unspecified atom stereocenters. The van der Waals surface area contributed by atoms with Gasteiger partial charge in [0.2, 0.25) is 0 Å². The van der Waals surface area contributed by atoms with Crippen molar-refractivity contribution in [3.8, 4) is 0 Å². The fourth-order valence-corrected chi connectivity index (χ4v) is 2.00. The second kappa shape index (κ2) is 4.27. The first kappa shape index (κ1) is 10.0. The lowest BCUT2D eigenvalue weighted by molar-refractivity contribution is 0.245. The van der Waals surface area contributed by atoms with Gasteiger partial charge in [-0.2, -0.15) is 0 Å². The zero-order valence-electron chi connectivity index (χ0n) is 9.01. The predicted molar refractivity (Wildman–Crippen MR) is 54.2 cm³/mol. The largest absolute Gasteiger partial charge is 0.306 e. The summed E-state index contributed by atoms with van der Waals surface area (Å²) < 4.78 is 0. The molecule has 12 heavy (non-hydrogen) atoms. The van der Waals surface area contributed by atoms with Crippen LogP contribution < -0.4 is 0 Å². The summed E-state index contributed by atoms with van der Waals surface area (Å²) in [5.74, 6) is 2.79. The highest BCUT2D eigenvalue weighted by molar-refractivity contribution is 4.80. The molecule has 0 aromatic rings. The van der Waals surface area contributed by atoms with Gasteiger partial charge in [-0.15, -0.1) is 0 Å². The van der Waals surface area contributed by atoms with Crippen LogP contribution in [0.1, 0.15) is 33.6 Å². The summed E-state index contributed by atoms with van der Waals surface area (Å²) in [5.41, 5.74) is 0. The molecule has 0 heterocycles. The second-order valence-electron chi connectivity index (χ2n) is 4.93. The van der Waals surface area contributed by atoms with Crippen molar-refractivity contribution in [2.75, 3.05) is 20.1 Å². The quantitative estimate of drug-likeness (QED) is 0.611. The van der Waals surface area contributed by atoms with E-state index in [1.807, 2.05) is 0 Å². The highest BCUT2D eigenvalue weighted by Crippen LogP contribution is 2.36. The Balaban J connectivity index is 2.11. The molecule has 0 radical (unpaired) electrons. The van der Waals surface area contributed by atoms with E-state index in [1.54, 1.807) is 0 Å². The zero-order chi connectivity index (χ0) is 9.14. The summed E-state index contributed by atoms with van der Waals surface area (Å²) in [6.45, 7) is 9.52. The molecule has 0 amide bonds. The van der Waals surface area contributed by atoms with E-state index >= 15 is 0 Å². The molecule has 1 saturated carbocycles. The van der Waals surface area contributed by atoms with Crippen LogP contribution in [0.5, 0.6) is 0 Å². The van der Waals surface area contributed by atoms with Crippen molar-refractivity contribution in [3.05, 3.63) is 0 Å². The SMILES string of the molecule is CC(C)CN(C)C[C@@H](C)C1CC1. The Bertz CT molecular complexity index is 127. The van der Waals surface area contributed by atoms with Gasteiger partial charge in [-0.05, 0) is 37.6 Å². The predicted octanol–water partition coefficient (Wildman–Crippen LogP) is 2.62. The average Bonchev–Trinajstić information content (AvgIpc) is 2.63. The number of nitrogens with zero attached hydrogens (tertiary/aromatic N) is 1. The van der Waals surface area contributed by atoms with E-state index in [9.17, 15) is 0 Å². The molecule has 1 atom stereocenters. The van der Waals surface area contributed by atoms with E-state index in [0.29, 0.717) is 0 Å². The van der Waals surface area contributed by atoms with Gasteiger partial charge in [0.05, 0.1) is 0 Å². The van der Waals surface area contributed by atoms with Crippen molar-refractivity contribution >= 4 is 0 Å². The Morgan fingerprint density at radius 2 is 1.75 bits per heavy atom. The van der Waals surface area contributed by atoms with E-state index in [0.717, 1.165) is 17.8 Å². The van der Waals surface area contributed by atoms with E-state index in [-0.39, 0.29) is 0 Å². The minimum Gasteiger partial charge on any atom is -0.306 e. The summed E-state index contributed by atoms with van der Waals surface area (Å²) in [4.78, 5) is 2.48. The molecule has 1 fully saturated rings. The second-order valence-corrected chi connectivity index (χ2v) is 4.93. The third-order valence-corrected chi connectivity index (χ3v) is 2.70. The van der Waals surface area contributed by atoms with Crippen molar-refractivity contribution in [2.24, 2.45) is 17.8 Å². The van der Waals surface area contributed by atoms with Gasteiger partial charge in [0.25, 0.3) is 0 Å². The lowest BCUT2D eigenvalue weighted by Crippen LogP contribution is -2.28. The Kier molecular flexibility index (Phi) is 3.57. The molecule has 1 rings (SSSR count). The van der Waals surface area contributed by atoms with Crippen LogP contribution in [0.3, 0.4) is 0 Å². The lowest BCUT2D eigenvalue weighted by atomic mass is 10.1. The van der Waals surface area contributed by atoms with Gasteiger partial charge in [0.15, 0.2) is 0 Å². The first-order valence-electron chi connectivity index (χ1n) is 5.28. The molecular weight excluding hydrogens is 146 g/mol. The maximum absolute atomic E-state index is 2.48. The molecule has 0 spiro atoms. The van der Waals surface area contributed by atoms with Crippen molar-refractivity contribution in [1.29, 1.82) is 0 Å². The zero-order valence-corrected chi connectivity index (χ0v) is 9.01. The Labute approximate surface area is 77.1 Å². The van der Waals surface area contributed by atoms with E-state index in [4.69, 9.17) is 0 Å². The minimum absolute atomic E-state index is 0.807. The van der Waals surface area contributed by atoms with Gasteiger partial charge in [-0.3, -0.25) is 0 Å². The van der Waals surface area contributed by atoms with Crippen molar-refractivity contribution in [3.63, 3.8) is 0 Å². The molecule has 0 saturated heterocycles. The topological polar surface area (TPSA) is 3.24 Å². The van der Waals surface area contributed by atoms with Crippen molar-refractivity contribution < 1.29 is 0 Å². The third-order valence-electron chi connectivity index (χ3n) is 2.70. The molecule has 0 aliphatic heterocycles. The Morgan fingerprint density at radius 1 is 1.17 bits per heavy atom. The standard InChI is InChI=1S/C11H23N/c1-9(2)7-12(4)8-10(3)11-5-6-11/h9-11H,5-8H2,1-4H3/t10-/m1/s1. The first-order valence-corrected chi connectivity index (χ1v) is 5.28. The summed E-state index contributed by atoms with van der Waals surface area (Å²) in [6, 6.07) is 0. The molecule has 1 nitrogen and oxygen atoms in total. The van der Waals surface area contributed by atoms with Gasteiger partial charge >= 0.3 is 0 Å². The summed E-state index contributed by atoms with van der Waals surface area (Å²) in [7, 11) is 2.25. The average molecular weight is 169 g/mol. The minimum atomic E-state index is 0.807. The maximum atomic E-state index is 2.48. The van der Waals surface area contributed by atoms with Crippen molar-refractivity contribution in [2.45, 2.75) is 33.6 Å². The molecule has 1 aliphatic rings. The van der Waals surface area contributed by atoms with Crippen LogP contribution in [-0.4, -0.2) is 25.0 Å². The Morgan fingerprint density at radius 3 is 2.17 bits per heavy atom. The van der Waals surface area contributed by atoms with E-state index in [2.05, 4.69) is 32.7 Å². The van der Waals surface area contributed by atoms with Crippen LogP contribution in [0, 0.1) is 17.8 Å². The molecule has 0 N–H and O–H groups in total. The molecule has 0 aromatic carbocycles. The van der Waals surface area contributed by atoms with E-state index < -0.39 is 0 Å². The monoisotopic (exact) mass is 169 g/mol. The lowest BCUT2D eigenvalue weighted by Gasteiger charge is -2.22. The fraction of sp³-hybridized carbons (Fsp3) is 1.00. The molecule has 0 aromatic heterocycles. The van der Waals surface area contributed by atoms with Gasteiger partial charge in [-0.1, -0.05) is 20.8 Å². The van der Waals surface area contributed by atoms with Gasteiger partial charge < -0.3 is 4.90 Å². The van der Waals surface area contributed by atoms with Gasteiger partial charge in [0.1, 0.15) is 0 Å². The molecule has 72 valence electrons. The highest BCUT2D eigenvalue weighted by atomic mass is 15.1. The third kappa shape index (κ3) is 3.57. The first-order chi connectivity index (χ1) is 5.59. The van der Waals surface area contributed by atoms with Crippen LogP contribution in [0.15, 0.2) is 0 Å². The van der Waals surface area contributed by atoms with Crippen molar-refractivity contribution in [1.82, 2.24) is 4.90 Å². The van der Waals surface area contributed by atoms with Crippen LogP contribution in [0.25, 0.3) is 0 Å². The van der Waals surface area contributed by atoms with Crippen LogP contribution >= 0.6 is 0 Å². The number of rotatable bonds is 5. The number of hydrogen-bond acceptors (Lipinski definition) is 1. The molecule has 1 heteroatoms. The molecule has 1 aliphatic carbocycles. The Hall–Kier alpha value is -0.0400. The smallest absolute Gasteiger partial charge is 0.000673 e. The number of hydrogen-bond donors (Lipinski definition) is 0. The maximum Gasteiger partial charge on any atom is 0.000673 e. The van der Waals surface area contributed by atoms with Crippen LogP contribution in [-0.2, 0) is 0 Å². The van der Waals surface area contributed by atoms with Gasteiger partial charge in [-0.25, -0.2) is 0 Å². The van der Waals surface area contributed by atoms with Crippen LogP contribution in [0.4, 0.5) is 0 Å². The van der Waals surface area contributed by atoms with E-state index in [1.165, 1.54) is 25.9 Å². The van der Waals surface area contributed by atoms with Crippen LogP contribution in [0.2, 0.25) is 0 Å². The normalized spacial score (nSPS) is 20.5. The van der Waals surface area contributed by atoms with Gasteiger partial charge in [0, 0.05) is 13.1 Å². The fourth-order valence-electron chi connectivity index (χ4n) is 2.00. The molecular formula is C11H23N. The molecule has 0 bridgehead atoms. The summed E-state index contributed by atoms with van der Waals surface area (Å²) in [5, 5.41) is 0. The summed E-state index contributed by atoms with van der Waals surface area (Å²) >= 11 is 0.